The Kier molecular flexibility index (Phi) is 4.78. The summed E-state index contributed by atoms with van der Waals surface area (Å²) in [6.07, 6.45) is -0.950. The lowest BCUT2D eigenvalue weighted by molar-refractivity contribution is -0.122. The standard InChI is InChI=1S/C15H15ClF3N5O2/c1-8(9-2-3-11(16)12(17)4-9)20-13(25)7-23-14(26)24(22-21-23)10-5-15(18,19)6-10/h2-4,8,10H,5-7H2,1H3,(H,20,25)/t8-/m0/s1. The van der Waals surface area contributed by atoms with Crippen LogP contribution < -0.4 is 11.0 Å². The summed E-state index contributed by atoms with van der Waals surface area (Å²) < 4.78 is 41.0. The normalized spacial score (nSPS) is 17.6. The SMILES string of the molecule is C[C@H](NC(=O)Cn1nnn(C2CC(F)(F)C2)c1=O)c1ccc(Cl)c(F)c1. The molecule has 0 bridgehead atoms. The van der Waals surface area contributed by atoms with E-state index in [0.29, 0.717) is 5.56 Å². The molecule has 0 spiro atoms. The molecule has 1 aliphatic carbocycles. The van der Waals surface area contributed by atoms with Gasteiger partial charge in [-0.3, -0.25) is 4.79 Å². The minimum atomic E-state index is -2.80. The molecule has 1 heterocycles. The molecule has 0 saturated heterocycles. The third-order valence-corrected chi connectivity index (χ3v) is 4.50. The van der Waals surface area contributed by atoms with Gasteiger partial charge >= 0.3 is 5.69 Å². The van der Waals surface area contributed by atoms with Crippen molar-refractivity contribution in [3.05, 3.63) is 45.1 Å². The predicted octanol–water partition coefficient (Wildman–Crippen LogP) is 2.08. The number of hydrogen-bond acceptors (Lipinski definition) is 4. The molecule has 0 radical (unpaired) electrons. The lowest BCUT2D eigenvalue weighted by Crippen LogP contribution is -2.42. The van der Waals surface area contributed by atoms with Crippen molar-refractivity contribution in [2.45, 2.75) is 44.3 Å². The molecule has 1 aromatic heterocycles. The molecule has 140 valence electrons. The largest absolute Gasteiger partial charge is 0.364 e. The lowest BCUT2D eigenvalue weighted by Gasteiger charge is -2.33. The molecule has 2 aromatic rings. The van der Waals surface area contributed by atoms with Crippen LogP contribution in [-0.2, 0) is 11.3 Å². The van der Waals surface area contributed by atoms with E-state index < -0.39 is 54.8 Å². The van der Waals surface area contributed by atoms with Crippen molar-refractivity contribution in [2.75, 3.05) is 0 Å². The number of carbonyl (C=O) groups excluding carboxylic acids is 1. The van der Waals surface area contributed by atoms with E-state index in [-0.39, 0.29) is 5.02 Å². The number of amides is 1. The van der Waals surface area contributed by atoms with E-state index in [1.165, 1.54) is 12.1 Å². The van der Waals surface area contributed by atoms with Gasteiger partial charge < -0.3 is 5.32 Å². The van der Waals surface area contributed by atoms with Gasteiger partial charge in [0.05, 0.1) is 17.1 Å². The Morgan fingerprint density at radius 2 is 2.12 bits per heavy atom. The Labute approximate surface area is 150 Å². The summed E-state index contributed by atoms with van der Waals surface area (Å²) in [5.74, 6) is -3.96. The van der Waals surface area contributed by atoms with Crippen molar-refractivity contribution in [2.24, 2.45) is 0 Å². The fourth-order valence-electron chi connectivity index (χ4n) is 2.71. The third kappa shape index (κ3) is 3.74. The zero-order chi connectivity index (χ0) is 19.1. The van der Waals surface area contributed by atoms with E-state index >= 15 is 0 Å². The molecule has 1 atom stereocenters. The first-order chi connectivity index (χ1) is 12.2. The summed E-state index contributed by atoms with van der Waals surface area (Å²) in [6.45, 7) is 1.21. The number of aromatic nitrogens is 4. The zero-order valence-electron chi connectivity index (χ0n) is 13.6. The second-order valence-corrected chi connectivity index (χ2v) is 6.65. The van der Waals surface area contributed by atoms with Gasteiger partial charge in [0.15, 0.2) is 0 Å². The molecule has 1 N–H and O–H groups in total. The Hall–Kier alpha value is -2.36. The number of halogens is 4. The number of rotatable bonds is 5. The van der Waals surface area contributed by atoms with Gasteiger partial charge in [-0.25, -0.2) is 18.0 Å². The van der Waals surface area contributed by atoms with Crippen molar-refractivity contribution >= 4 is 17.5 Å². The van der Waals surface area contributed by atoms with E-state index in [1.807, 2.05) is 0 Å². The fourth-order valence-corrected chi connectivity index (χ4v) is 2.82. The van der Waals surface area contributed by atoms with Crippen LogP contribution >= 0.6 is 11.6 Å². The molecule has 26 heavy (non-hydrogen) atoms. The van der Waals surface area contributed by atoms with Crippen LogP contribution in [0.5, 0.6) is 0 Å². The molecule has 1 aromatic carbocycles. The monoisotopic (exact) mass is 389 g/mol. The number of benzene rings is 1. The first-order valence-corrected chi connectivity index (χ1v) is 8.18. The third-order valence-electron chi connectivity index (χ3n) is 4.19. The topological polar surface area (TPSA) is 81.8 Å². The summed E-state index contributed by atoms with van der Waals surface area (Å²) in [6, 6.07) is 2.89. The zero-order valence-corrected chi connectivity index (χ0v) is 14.4. The number of hydrogen-bond donors (Lipinski definition) is 1. The molecular weight excluding hydrogens is 375 g/mol. The van der Waals surface area contributed by atoms with Crippen LogP contribution in [0.15, 0.2) is 23.0 Å². The quantitative estimate of drug-likeness (QED) is 0.848. The maximum atomic E-state index is 13.5. The average molecular weight is 390 g/mol. The second-order valence-electron chi connectivity index (χ2n) is 6.24. The van der Waals surface area contributed by atoms with Crippen molar-refractivity contribution in [1.82, 2.24) is 25.1 Å². The summed E-state index contributed by atoms with van der Waals surface area (Å²) >= 11 is 5.61. The summed E-state index contributed by atoms with van der Waals surface area (Å²) in [4.78, 5) is 24.2. The van der Waals surface area contributed by atoms with Gasteiger partial charge in [-0.15, -0.1) is 0 Å². The first kappa shape index (κ1) is 18.4. The maximum Gasteiger partial charge on any atom is 0.364 e. The van der Waals surface area contributed by atoms with Gasteiger partial charge in [0, 0.05) is 12.8 Å². The van der Waals surface area contributed by atoms with Crippen LogP contribution in [0.4, 0.5) is 13.2 Å². The highest BCUT2D eigenvalue weighted by Crippen LogP contribution is 2.44. The van der Waals surface area contributed by atoms with E-state index in [0.717, 1.165) is 9.36 Å². The summed E-state index contributed by atoms with van der Waals surface area (Å²) in [5, 5.41) is 9.66. The van der Waals surface area contributed by atoms with Gasteiger partial charge in [-0.05, 0) is 35.0 Å². The molecule has 1 aliphatic rings. The minimum absolute atomic E-state index is 0.0305. The number of tetrazole rings is 1. The van der Waals surface area contributed by atoms with E-state index in [9.17, 15) is 22.8 Å². The Balaban J connectivity index is 1.62. The molecular formula is C15H15ClF3N5O2. The van der Waals surface area contributed by atoms with Gasteiger partial charge in [-0.1, -0.05) is 17.7 Å². The molecule has 11 heteroatoms. The van der Waals surface area contributed by atoms with Crippen LogP contribution in [0.3, 0.4) is 0 Å². The molecule has 1 amide bonds. The van der Waals surface area contributed by atoms with Crippen LogP contribution in [0.2, 0.25) is 5.02 Å². The van der Waals surface area contributed by atoms with Crippen LogP contribution in [0, 0.1) is 5.82 Å². The van der Waals surface area contributed by atoms with Crippen molar-refractivity contribution < 1.29 is 18.0 Å². The molecule has 1 saturated carbocycles. The highest BCUT2D eigenvalue weighted by atomic mass is 35.5. The van der Waals surface area contributed by atoms with Crippen LogP contribution in [0.25, 0.3) is 0 Å². The molecule has 0 unspecified atom stereocenters. The van der Waals surface area contributed by atoms with Gasteiger partial charge in [0.25, 0.3) is 5.92 Å². The number of alkyl halides is 2. The Morgan fingerprint density at radius 3 is 2.73 bits per heavy atom. The molecule has 7 nitrogen and oxygen atoms in total. The van der Waals surface area contributed by atoms with Crippen LogP contribution in [-0.4, -0.2) is 31.6 Å². The van der Waals surface area contributed by atoms with Crippen LogP contribution in [0.1, 0.15) is 37.4 Å². The Morgan fingerprint density at radius 1 is 1.42 bits per heavy atom. The number of nitrogens with one attached hydrogen (secondary N) is 1. The number of carbonyl (C=O) groups is 1. The highest BCUT2D eigenvalue weighted by Gasteiger charge is 2.47. The van der Waals surface area contributed by atoms with E-state index in [4.69, 9.17) is 11.6 Å². The lowest BCUT2D eigenvalue weighted by atomic mass is 9.88. The van der Waals surface area contributed by atoms with Gasteiger partial charge in [0.2, 0.25) is 5.91 Å². The smallest absolute Gasteiger partial charge is 0.348 e. The van der Waals surface area contributed by atoms with Crippen molar-refractivity contribution in [1.29, 1.82) is 0 Å². The number of nitrogens with zero attached hydrogens (tertiary/aromatic N) is 4. The first-order valence-electron chi connectivity index (χ1n) is 7.81. The molecule has 0 aliphatic heterocycles. The Bertz CT molecular complexity index is 890. The minimum Gasteiger partial charge on any atom is -0.348 e. The highest BCUT2D eigenvalue weighted by molar-refractivity contribution is 6.30. The van der Waals surface area contributed by atoms with E-state index in [2.05, 4.69) is 15.7 Å². The predicted molar refractivity (Wildman–Crippen MR) is 85.5 cm³/mol. The second kappa shape index (κ2) is 6.75. The summed E-state index contributed by atoms with van der Waals surface area (Å²) in [5.41, 5.74) is -0.237. The van der Waals surface area contributed by atoms with E-state index in [1.54, 1.807) is 13.0 Å². The maximum absolute atomic E-state index is 13.5. The average Bonchev–Trinajstić information content (AvgIpc) is 2.88. The van der Waals surface area contributed by atoms with Gasteiger partial charge in [-0.2, -0.15) is 9.36 Å². The molecule has 3 rings (SSSR count). The summed E-state index contributed by atoms with van der Waals surface area (Å²) in [7, 11) is 0. The van der Waals surface area contributed by atoms with Crippen molar-refractivity contribution in [3.63, 3.8) is 0 Å². The van der Waals surface area contributed by atoms with Gasteiger partial charge in [0.1, 0.15) is 12.4 Å². The fraction of sp³-hybridized carbons (Fsp3) is 0.467. The van der Waals surface area contributed by atoms with Crippen molar-refractivity contribution in [3.8, 4) is 0 Å². The molecule has 1 fully saturated rings.